The van der Waals surface area contributed by atoms with Crippen molar-refractivity contribution in [1.29, 1.82) is 0 Å². The number of benzene rings is 1. The van der Waals surface area contributed by atoms with Crippen LogP contribution in [0.15, 0.2) is 30.6 Å². The van der Waals surface area contributed by atoms with Gasteiger partial charge in [0.1, 0.15) is 23.3 Å². The van der Waals surface area contributed by atoms with Gasteiger partial charge in [0.15, 0.2) is 5.82 Å². The molecule has 1 aromatic carbocycles. The normalized spacial score (nSPS) is 18.5. The number of hydrogen-bond donors (Lipinski definition) is 1. The lowest BCUT2D eigenvalue weighted by molar-refractivity contribution is 0.0395. The Morgan fingerprint density at radius 3 is 2.82 bits per heavy atom. The Morgan fingerprint density at radius 2 is 2.09 bits per heavy atom. The van der Waals surface area contributed by atoms with Gasteiger partial charge >= 0.3 is 0 Å². The minimum absolute atomic E-state index is 0.00640. The Bertz CT molecular complexity index is 647. The molecule has 2 N–H and O–H groups in total. The van der Waals surface area contributed by atoms with Gasteiger partial charge in [-0.3, -0.25) is 0 Å². The number of aromatic nitrogens is 2. The van der Waals surface area contributed by atoms with E-state index in [1.54, 1.807) is 0 Å². The topological polar surface area (TPSA) is 64.3 Å². The van der Waals surface area contributed by atoms with Crippen LogP contribution in [0.2, 0.25) is 5.02 Å². The monoisotopic (exact) mass is 318 g/mol. The molecule has 1 saturated heterocycles. The second kappa shape index (κ2) is 6.50. The predicted octanol–water partition coefficient (Wildman–Crippen LogP) is 2.85. The van der Waals surface area contributed by atoms with Gasteiger partial charge in [-0.05, 0) is 17.5 Å². The second-order valence-corrected chi connectivity index (χ2v) is 5.68. The zero-order valence-electron chi connectivity index (χ0n) is 12.5. The quantitative estimate of drug-likeness (QED) is 0.942. The highest BCUT2D eigenvalue weighted by Crippen LogP contribution is 2.31. The van der Waals surface area contributed by atoms with Crippen LogP contribution < -0.4 is 10.6 Å². The SMILES string of the molecule is CCc1ccc(C2CN(c3ncnc(N)c3Cl)CCO2)cc1. The van der Waals surface area contributed by atoms with E-state index in [1.807, 2.05) is 0 Å². The molecule has 0 saturated carbocycles. The average Bonchev–Trinajstić information content (AvgIpc) is 2.57. The third kappa shape index (κ3) is 3.00. The first kappa shape index (κ1) is 15.1. The van der Waals surface area contributed by atoms with Gasteiger partial charge in [0.2, 0.25) is 0 Å². The van der Waals surface area contributed by atoms with E-state index in [2.05, 4.69) is 46.1 Å². The molecule has 1 aliphatic rings. The number of nitrogens with two attached hydrogens (primary N) is 1. The second-order valence-electron chi connectivity index (χ2n) is 5.30. The fourth-order valence-electron chi connectivity index (χ4n) is 2.61. The van der Waals surface area contributed by atoms with Crippen LogP contribution in [0.25, 0.3) is 0 Å². The number of anilines is 2. The van der Waals surface area contributed by atoms with Crippen LogP contribution in [0, 0.1) is 0 Å². The standard InChI is InChI=1S/C16H19ClN4O/c1-2-11-3-5-12(6-4-11)13-9-21(7-8-22-13)16-14(17)15(18)19-10-20-16/h3-6,10,13H,2,7-9H2,1H3,(H2,18,19,20). The van der Waals surface area contributed by atoms with Crippen LogP contribution in [-0.2, 0) is 11.2 Å². The van der Waals surface area contributed by atoms with Gasteiger partial charge < -0.3 is 15.4 Å². The van der Waals surface area contributed by atoms with Crippen molar-refractivity contribution in [3.05, 3.63) is 46.7 Å². The van der Waals surface area contributed by atoms with Crippen molar-refractivity contribution in [3.63, 3.8) is 0 Å². The van der Waals surface area contributed by atoms with Crippen LogP contribution in [0.3, 0.4) is 0 Å². The van der Waals surface area contributed by atoms with Crippen molar-refractivity contribution in [2.24, 2.45) is 0 Å². The fourth-order valence-corrected chi connectivity index (χ4v) is 2.82. The molecule has 0 radical (unpaired) electrons. The number of halogens is 1. The third-order valence-electron chi connectivity index (χ3n) is 3.92. The summed E-state index contributed by atoms with van der Waals surface area (Å²) in [6.07, 6.45) is 2.48. The Kier molecular flexibility index (Phi) is 4.45. The first-order valence-electron chi connectivity index (χ1n) is 7.40. The summed E-state index contributed by atoms with van der Waals surface area (Å²) in [5.74, 6) is 0.981. The number of nitrogens with zero attached hydrogens (tertiary/aromatic N) is 3. The highest BCUT2D eigenvalue weighted by Gasteiger charge is 2.25. The molecule has 1 aliphatic heterocycles. The highest BCUT2D eigenvalue weighted by atomic mass is 35.5. The van der Waals surface area contributed by atoms with Crippen LogP contribution in [0.5, 0.6) is 0 Å². The van der Waals surface area contributed by atoms with Crippen molar-refractivity contribution < 1.29 is 4.74 Å². The zero-order valence-corrected chi connectivity index (χ0v) is 13.3. The molecule has 2 aromatic rings. The lowest BCUT2D eigenvalue weighted by Crippen LogP contribution is -2.39. The van der Waals surface area contributed by atoms with Crippen LogP contribution in [0.1, 0.15) is 24.2 Å². The molecule has 0 amide bonds. The number of morpholine rings is 1. The Labute approximate surface area is 135 Å². The van der Waals surface area contributed by atoms with Crippen molar-refractivity contribution in [3.8, 4) is 0 Å². The average molecular weight is 319 g/mol. The summed E-state index contributed by atoms with van der Waals surface area (Å²) in [4.78, 5) is 10.3. The van der Waals surface area contributed by atoms with Crippen LogP contribution in [-0.4, -0.2) is 29.7 Å². The van der Waals surface area contributed by atoms with Gasteiger partial charge in [0.25, 0.3) is 0 Å². The summed E-state index contributed by atoms with van der Waals surface area (Å²) < 4.78 is 5.90. The van der Waals surface area contributed by atoms with E-state index in [9.17, 15) is 0 Å². The number of hydrogen-bond acceptors (Lipinski definition) is 5. The van der Waals surface area contributed by atoms with E-state index in [0.29, 0.717) is 29.8 Å². The lowest BCUT2D eigenvalue weighted by Gasteiger charge is -2.34. The molecular weight excluding hydrogens is 300 g/mol. The first-order valence-corrected chi connectivity index (χ1v) is 7.78. The van der Waals surface area contributed by atoms with E-state index < -0.39 is 0 Å². The zero-order chi connectivity index (χ0) is 15.5. The van der Waals surface area contributed by atoms with E-state index in [1.165, 1.54) is 17.5 Å². The van der Waals surface area contributed by atoms with E-state index in [0.717, 1.165) is 13.0 Å². The molecule has 0 spiro atoms. The third-order valence-corrected chi connectivity index (χ3v) is 4.29. The molecule has 116 valence electrons. The minimum atomic E-state index is 0.00640. The summed E-state index contributed by atoms with van der Waals surface area (Å²) in [5, 5.41) is 0.407. The molecule has 0 aliphatic carbocycles. The maximum atomic E-state index is 6.23. The molecule has 1 aromatic heterocycles. The molecule has 6 heteroatoms. The number of rotatable bonds is 3. The van der Waals surface area contributed by atoms with Crippen molar-refractivity contribution in [1.82, 2.24) is 9.97 Å². The summed E-state index contributed by atoms with van der Waals surface area (Å²) in [7, 11) is 0. The predicted molar refractivity (Wildman–Crippen MR) is 88.2 cm³/mol. The first-order chi connectivity index (χ1) is 10.7. The fraction of sp³-hybridized carbons (Fsp3) is 0.375. The van der Waals surface area contributed by atoms with Crippen molar-refractivity contribution in [2.75, 3.05) is 30.3 Å². The summed E-state index contributed by atoms with van der Waals surface area (Å²) in [6.45, 7) is 4.21. The number of ether oxygens (including phenoxy) is 1. The maximum absolute atomic E-state index is 6.23. The minimum Gasteiger partial charge on any atom is -0.382 e. The molecule has 2 heterocycles. The number of aryl methyl sites for hydroxylation is 1. The Balaban J connectivity index is 1.80. The molecule has 5 nitrogen and oxygen atoms in total. The smallest absolute Gasteiger partial charge is 0.153 e. The molecular formula is C16H19ClN4O. The van der Waals surface area contributed by atoms with Crippen molar-refractivity contribution in [2.45, 2.75) is 19.4 Å². The lowest BCUT2D eigenvalue weighted by atomic mass is 10.0. The Hall–Kier alpha value is -1.85. The summed E-state index contributed by atoms with van der Waals surface area (Å²) in [5.41, 5.74) is 8.25. The van der Waals surface area contributed by atoms with Gasteiger partial charge in [-0.15, -0.1) is 0 Å². The van der Waals surface area contributed by atoms with E-state index >= 15 is 0 Å². The van der Waals surface area contributed by atoms with Crippen molar-refractivity contribution >= 4 is 23.2 Å². The van der Waals surface area contributed by atoms with Gasteiger partial charge in [-0.2, -0.15) is 0 Å². The highest BCUT2D eigenvalue weighted by molar-refractivity contribution is 6.35. The Morgan fingerprint density at radius 1 is 1.32 bits per heavy atom. The molecule has 1 atom stereocenters. The molecule has 1 unspecified atom stereocenters. The van der Waals surface area contributed by atoms with Gasteiger partial charge in [0, 0.05) is 13.1 Å². The van der Waals surface area contributed by atoms with Gasteiger partial charge in [-0.25, -0.2) is 9.97 Å². The summed E-state index contributed by atoms with van der Waals surface area (Å²) in [6, 6.07) is 8.55. The molecule has 1 fully saturated rings. The number of nitrogen functional groups attached to an aromatic ring is 1. The molecule has 22 heavy (non-hydrogen) atoms. The largest absolute Gasteiger partial charge is 0.382 e. The van der Waals surface area contributed by atoms with Gasteiger partial charge in [0.05, 0.1) is 6.61 Å². The molecule has 3 rings (SSSR count). The maximum Gasteiger partial charge on any atom is 0.153 e. The summed E-state index contributed by atoms with van der Waals surface area (Å²) >= 11 is 6.23. The van der Waals surface area contributed by atoms with Gasteiger partial charge in [-0.1, -0.05) is 42.8 Å². The van der Waals surface area contributed by atoms with E-state index in [-0.39, 0.29) is 6.10 Å². The molecule has 0 bridgehead atoms. The van der Waals surface area contributed by atoms with Crippen LogP contribution in [0.4, 0.5) is 11.6 Å². The van der Waals surface area contributed by atoms with E-state index in [4.69, 9.17) is 22.1 Å². The van der Waals surface area contributed by atoms with Crippen LogP contribution >= 0.6 is 11.6 Å².